The van der Waals surface area contributed by atoms with E-state index in [1.54, 1.807) is 9.80 Å². The number of carbonyl (C=O) groups excluding carboxylic acids is 2. The van der Waals surface area contributed by atoms with E-state index >= 15 is 0 Å². The summed E-state index contributed by atoms with van der Waals surface area (Å²) in [7, 11) is 0. The number of piperazine rings is 1. The van der Waals surface area contributed by atoms with Gasteiger partial charge in [-0.2, -0.15) is 4.98 Å². The zero-order chi connectivity index (χ0) is 22.5. The molecule has 0 radical (unpaired) electrons. The molecule has 0 saturated carbocycles. The summed E-state index contributed by atoms with van der Waals surface area (Å²) >= 11 is 0. The smallest absolute Gasteiger partial charge is 0.253 e. The molecular weight excluding hydrogens is 404 g/mol. The lowest BCUT2D eigenvalue weighted by Gasteiger charge is -2.34. The Bertz CT molecular complexity index is 1050. The van der Waals surface area contributed by atoms with Crippen LogP contribution in [0.1, 0.15) is 48.0 Å². The predicted octanol–water partition coefficient (Wildman–Crippen LogP) is 3.78. The Labute approximate surface area is 188 Å². The van der Waals surface area contributed by atoms with Gasteiger partial charge in [-0.25, -0.2) is 0 Å². The van der Waals surface area contributed by atoms with Gasteiger partial charge < -0.3 is 14.3 Å². The maximum absolute atomic E-state index is 12.6. The fourth-order valence-corrected chi connectivity index (χ4v) is 3.78. The van der Waals surface area contributed by atoms with Crippen molar-refractivity contribution in [2.75, 3.05) is 26.2 Å². The second-order valence-electron chi connectivity index (χ2n) is 8.33. The first-order valence-electron chi connectivity index (χ1n) is 11.1. The normalized spacial score (nSPS) is 14.1. The predicted molar refractivity (Wildman–Crippen MR) is 121 cm³/mol. The lowest BCUT2D eigenvalue weighted by molar-refractivity contribution is -0.132. The number of hydrogen-bond donors (Lipinski definition) is 0. The summed E-state index contributed by atoms with van der Waals surface area (Å²) in [6.45, 7) is 6.45. The average Bonchev–Trinajstić information content (AvgIpc) is 3.32. The number of benzene rings is 2. The van der Waals surface area contributed by atoms with Crippen LogP contribution in [0.25, 0.3) is 11.4 Å². The van der Waals surface area contributed by atoms with Crippen LogP contribution in [0.5, 0.6) is 0 Å². The second kappa shape index (κ2) is 9.77. The molecule has 1 fully saturated rings. The van der Waals surface area contributed by atoms with Crippen molar-refractivity contribution in [3.63, 3.8) is 0 Å². The number of aryl methyl sites for hydroxylation is 1. The van der Waals surface area contributed by atoms with Crippen molar-refractivity contribution in [1.29, 1.82) is 0 Å². The van der Waals surface area contributed by atoms with Crippen LogP contribution in [0.15, 0.2) is 59.1 Å². The molecule has 0 atom stereocenters. The Kier molecular flexibility index (Phi) is 6.63. The Hall–Kier alpha value is -3.48. The third-order valence-electron chi connectivity index (χ3n) is 5.80. The van der Waals surface area contributed by atoms with E-state index < -0.39 is 0 Å². The lowest BCUT2D eigenvalue weighted by Crippen LogP contribution is -2.50. The molecule has 0 N–H and O–H groups in total. The van der Waals surface area contributed by atoms with Crippen molar-refractivity contribution in [2.24, 2.45) is 0 Å². The molecule has 1 aliphatic rings. The zero-order valence-corrected chi connectivity index (χ0v) is 18.5. The van der Waals surface area contributed by atoms with Crippen molar-refractivity contribution < 1.29 is 14.1 Å². The molecule has 1 saturated heterocycles. The quantitative estimate of drug-likeness (QED) is 0.592. The van der Waals surface area contributed by atoms with Crippen LogP contribution in [0.2, 0.25) is 0 Å². The van der Waals surface area contributed by atoms with E-state index in [1.165, 1.54) is 5.56 Å². The van der Waals surface area contributed by atoms with E-state index in [2.05, 4.69) is 36.1 Å². The van der Waals surface area contributed by atoms with E-state index in [9.17, 15) is 9.59 Å². The number of aromatic nitrogens is 2. The third kappa shape index (κ3) is 5.04. The van der Waals surface area contributed by atoms with Crippen LogP contribution in [0.4, 0.5) is 0 Å². The van der Waals surface area contributed by atoms with Gasteiger partial charge in [0.15, 0.2) is 0 Å². The maximum Gasteiger partial charge on any atom is 0.253 e. The van der Waals surface area contributed by atoms with Gasteiger partial charge in [0.2, 0.25) is 17.6 Å². The Morgan fingerprint density at radius 1 is 0.938 bits per heavy atom. The van der Waals surface area contributed by atoms with Gasteiger partial charge in [-0.1, -0.05) is 61.5 Å². The molecule has 1 aliphatic heterocycles. The number of nitrogens with zero attached hydrogens (tertiary/aromatic N) is 4. The monoisotopic (exact) mass is 432 g/mol. The highest BCUT2D eigenvalue weighted by Gasteiger charge is 2.25. The highest BCUT2D eigenvalue weighted by Crippen LogP contribution is 2.21. The lowest BCUT2D eigenvalue weighted by atomic mass is 10.0. The Morgan fingerprint density at radius 2 is 1.59 bits per heavy atom. The maximum atomic E-state index is 12.6. The number of hydrogen-bond acceptors (Lipinski definition) is 5. The molecule has 0 spiro atoms. The summed E-state index contributed by atoms with van der Waals surface area (Å²) in [5, 5.41) is 4.05. The van der Waals surface area contributed by atoms with E-state index in [1.807, 2.05) is 42.5 Å². The second-order valence-corrected chi connectivity index (χ2v) is 8.33. The van der Waals surface area contributed by atoms with E-state index in [0.717, 1.165) is 5.56 Å². The van der Waals surface area contributed by atoms with Crippen molar-refractivity contribution in [3.8, 4) is 11.4 Å². The van der Waals surface area contributed by atoms with Crippen molar-refractivity contribution in [3.05, 3.63) is 71.6 Å². The molecule has 0 unspecified atom stereocenters. The highest BCUT2D eigenvalue weighted by molar-refractivity contribution is 5.94. The molecule has 0 bridgehead atoms. The minimum Gasteiger partial charge on any atom is -0.339 e. The molecule has 166 valence electrons. The third-order valence-corrected chi connectivity index (χ3v) is 5.80. The molecule has 7 nitrogen and oxygen atoms in total. The van der Waals surface area contributed by atoms with Gasteiger partial charge >= 0.3 is 0 Å². The average molecular weight is 433 g/mol. The highest BCUT2D eigenvalue weighted by atomic mass is 16.5. The van der Waals surface area contributed by atoms with Gasteiger partial charge in [0.05, 0.1) is 0 Å². The molecule has 2 amide bonds. The largest absolute Gasteiger partial charge is 0.339 e. The van der Waals surface area contributed by atoms with E-state index in [-0.39, 0.29) is 11.8 Å². The number of rotatable bonds is 6. The zero-order valence-electron chi connectivity index (χ0n) is 18.5. The number of carbonyl (C=O) groups is 2. The van der Waals surface area contributed by atoms with Crippen molar-refractivity contribution >= 4 is 11.8 Å². The van der Waals surface area contributed by atoms with Crippen LogP contribution < -0.4 is 0 Å². The minimum atomic E-state index is 0.0116. The fourth-order valence-electron chi connectivity index (χ4n) is 3.78. The molecule has 0 aliphatic carbocycles. The van der Waals surface area contributed by atoms with Crippen LogP contribution >= 0.6 is 0 Å². The van der Waals surface area contributed by atoms with Gasteiger partial charge in [0.1, 0.15) is 0 Å². The molecule has 7 heteroatoms. The molecule has 2 heterocycles. The van der Waals surface area contributed by atoms with E-state index in [0.29, 0.717) is 62.2 Å². The molecule has 32 heavy (non-hydrogen) atoms. The topological polar surface area (TPSA) is 79.5 Å². The van der Waals surface area contributed by atoms with E-state index in [4.69, 9.17) is 4.52 Å². The standard InChI is InChI=1S/C25H28N4O3/c1-18(2)19-8-10-20(11-9-19)24-26-22(32-27-24)12-13-23(30)28-14-16-29(17-15-28)25(31)21-6-4-3-5-7-21/h3-11,18H,12-17H2,1-2H3. The van der Waals surface area contributed by atoms with Gasteiger partial charge in [0, 0.05) is 50.1 Å². The minimum absolute atomic E-state index is 0.0116. The first-order valence-corrected chi connectivity index (χ1v) is 11.1. The van der Waals surface area contributed by atoms with Gasteiger partial charge in [-0.3, -0.25) is 9.59 Å². The molecular formula is C25H28N4O3. The first-order chi connectivity index (χ1) is 15.5. The van der Waals surface area contributed by atoms with Gasteiger partial charge in [0.25, 0.3) is 5.91 Å². The van der Waals surface area contributed by atoms with Crippen LogP contribution in [-0.2, 0) is 11.2 Å². The van der Waals surface area contributed by atoms with Crippen molar-refractivity contribution in [1.82, 2.24) is 19.9 Å². The fraction of sp³-hybridized carbons (Fsp3) is 0.360. The summed E-state index contributed by atoms with van der Waals surface area (Å²) in [6.07, 6.45) is 0.708. The summed E-state index contributed by atoms with van der Waals surface area (Å²) in [5.74, 6) is 1.51. The summed E-state index contributed by atoms with van der Waals surface area (Å²) < 4.78 is 5.35. The molecule has 3 aromatic rings. The summed E-state index contributed by atoms with van der Waals surface area (Å²) in [6, 6.07) is 17.4. The first kappa shape index (κ1) is 21.7. The Balaban J connectivity index is 1.26. The SMILES string of the molecule is CC(C)c1ccc(-c2noc(CCC(=O)N3CCN(C(=O)c4ccccc4)CC3)n2)cc1. The molecule has 1 aromatic heterocycles. The Morgan fingerprint density at radius 3 is 2.25 bits per heavy atom. The molecule has 2 aromatic carbocycles. The van der Waals surface area contributed by atoms with Gasteiger partial charge in [-0.05, 0) is 23.6 Å². The summed E-state index contributed by atoms with van der Waals surface area (Å²) in [5.41, 5.74) is 2.84. The van der Waals surface area contributed by atoms with Gasteiger partial charge in [-0.15, -0.1) is 0 Å². The van der Waals surface area contributed by atoms with Crippen LogP contribution in [-0.4, -0.2) is 57.9 Å². The molecule has 4 rings (SSSR count). The van der Waals surface area contributed by atoms with Crippen LogP contribution in [0.3, 0.4) is 0 Å². The van der Waals surface area contributed by atoms with Crippen LogP contribution in [0, 0.1) is 0 Å². The number of amides is 2. The van der Waals surface area contributed by atoms with Crippen molar-refractivity contribution in [2.45, 2.75) is 32.6 Å². The summed E-state index contributed by atoms with van der Waals surface area (Å²) in [4.78, 5) is 33.2.